The van der Waals surface area contributed by atoms with Gasteiger partial charge in [-0.05, 0) is 30.5 Å². The van der Waals surface area contributed by atoms with Crippen molar-refractivity contribution in [2.24, 2.45) is 5.16 Å². The zero-order valence-corrected chi connectivity index (χ0v) is 11.0. The fourth-order valence-corrected chi connectivity index (χ4v) is 1.87. The summed E-state index contributed by atoms with van der Waals surface area (Å²) in [7, 11) is 0. The van der Waals surface area contributed by atoms with Gasteiger partial charge in [0.15, 0.2) is 5.71 Å². The van der Waals surface area contributed by atoms with Crippen molar-refractivity contribution in [2.45, 2.75) is 32.0 Å². The molecular formula is C14H17NO5. The lowest BCUT2D eigenvalue weighted by Crippen LogP contribution is -2.23. The highest BCUT2D eigenvalue weighted by molar-refractivity contribution is 6.35. The lowest BCUT2D eigenvalue weighted by atomic mass is 10.1. The lowest BCUT2D eigenvalue weighted by Gasteiger charge is -2.20. The standard InChI is InChI=1S/C14H17NO5/c16-11-6-4-10(5-7-11)9-12(14(17)18)15-20-13-3-1-2-8-19-13/h4-7,13,16H,1-3,8-9H2,(H,17,18)/b15-12-. The smallest absolute Gasteiger partial charge is 0.354 e. The number of phenols is 1. The number of nitrogens with zero attached hydrogens (tertiary/aromatic N) is 1. The Hall–Kier alpha value is -2.08. The van der Waals surface area contributed by atoms with Gasteiger partial charge in [-0.1, -0.05) is 17.3 Å². The first-order valence-electron chi connectivity index (χ1n) is 6.50. The molecule has 1 saturated heterocycles. The van der Waals surface area contributed by atoms with E-state index in [0.717, 1.165) is 24.8 Å². The molecular weight excluding hydrogens is 262 g/mol. The fraction of sp³-hybridized carbons (Fsp3) is 0.429. The number of carboxylic acids is 1. The highest BCUT2D eigenvalue weighted by Gasteiger charge is 2.17. The Balaban J connectivity index is 1.98. The summed E-state index contributed by atoms with van der Waals surface area (Å²) in [6, 6.07) is 6.29. The molecule has 108 valence electrons. The molecule has 0 bridgehead atoms. The Morgan fingerprint density at radius 2 is 2.10 bits per heavy atom. The minimum Gasteiger partial charge on any atom is -0.508 e. The molecule has 2 N–H and O–H groups in total. The van der Waals surface area contributed by atoms with Crippen LogP contribution in [0.3, 0.4) is 0 Å². The van der Waals surface area contributed by atoms with Crippen LogP contribution in [0.4, 0.5) is 0 Å². The Morgan fingerprint density at radius 1 is 1.35 bits per heavy atom. The van der Waals surface area contributed by atoms with Crippen molar-refractivity contribution in [1.82, 2.24) is 0 Å². The van der Waals surface area contributed by atoms with E-state index in [1.807, 2.05) is 0 Å². The molecule has 1 unspecified atom stereocenters. The topological polar surface area (TPSA) is 88.4 Å². The van der Waals surface area contributed by atoms with Gasteiger partial charge in [0.1, 0.15) is 5.75 Å². The van der Waals surface area contributed by atoms with E-state index in [2.05, 4.69) is 5.16 Å². The van der Waals surface area contributed by atoms with E-state index < -0.39 is 12.3 Å². The number of oxime groups is 1. The van der Waals surface area contributed by atoms with Crippen molar-refractivity contribution < 1.29 is 24.6 Å². The lowest BCUT2D eigenvalue weighted by molar-refractivity contribution is -0.162. The fourth-order valence-electron chi connectivity index (χ4n) is 1.87. The molecule has 0 amide bonds. The maximum atomic E-state index is 11.1. The molecule has 1 aromatic rings. The molecule has 0 radical (unpaired) electrons. The number of ether oxygens (including phenoxy) is 1. The monoisotopic (exact) mass is 279 g/mol. The predicted molar refractivity (Wildman–Crippen MR) is 71.6 cm³/mol. The first-order valence-corrected chi connectivity index (χ1v) is 6.50. The number of aliphatic carboxylic acids is 1. The number of rotatable bonds is 5. The second kappa shape index (κ2) is 6.91. The number of hydrogen-bond donors (Lipinski definition) is 2. The number of carbonyl (C=O) groups is 1. The Labute approximate surface area is 116 Å². The second-order valence-electron chi connectivity index (χ2n) is 4.59. The summed E-state index contributed by atoms with van der Waals surface area (Å²) in [5.74, 6) is -0.997. The SMILES string of the molecule is O=C(O)/C(Cc1ccc(O)cc1)=N\OC1CCCCO1. The number of phenolic OH excluding ortho intramolecular Hbond substituents is 1. The number of benzene rings is 1. The summed E-state index contributed by atoms with van der Waals surface area (Å²) in [5.41, 5.74) is 0.641. The van der Waals surface area contributed by atoms with E-state index in [4.69, 9.17) is 14.7 Å². The van der Waals surface area contributed by atoms with Gasteiger partial charge < -0.3 is 19.8 Å². The first-order chi connectivity index (χ1) is 9.65. The zero-order chi connectivity index (χ0) is 14.4. The molecule has 1 heterocycles. The van der Waals surface area contributed by atoms with Gasteiger partial charge in [0.05, 0.1) is 6.61 Å². The summed E-state index contributed by atoms with van der Waals surface area (Å²) in [4.78, 5) is 16.3. The number of aromatic hydroxyl groups is 1. The van der Waals surface area contributed by atoms with Crippen molar-refractivity contribution in [1.29, 1.82) is 0 Å². The minimum atomic E-state index is -1.13. The summed E-state index contributed by atoms with van der Waals surface area (Å²) in [6.07, 6.45) is 2.36. The van der Waals surface area contributed by atoms with E-state index in [0.29, 0.717) is 6.61 Å². The summed E-state index contributed by atoms with van der Waals surface area (Å²) in [5, 5.41) is 22.0. The average molecular weight is 279 g/mol. The molecule has 0 spiro atoms. The van der Waals surface area contributed by atoms with Crippen LogP contribution >= 0.6 is 0 Å². The third kappa shape index (κ3) is 4.24. The van der Waals surface area contributed by atoms with Gasteiger partial charge in [-0.25, -0.2) is 4.79 Å². The third-order valence-electron chi connectivity index (χ3n) is 2.97. The molecule has 1 aliphatic heterocycles. The van der Waals surface area contributed by atoms with Crippen LogP contribution in [0.5, 0.6) is 5.75 Å². The van der Waals surface area contributed by atoms with Gasteiger partial charge in [0.2, 0.25) is 6.29 Å². The van der Waals surface area contributed by atoms with Crippen molar-refractivity contribution in [3.8, 4) is 5.75 Å². The van der Waals surface area contributed by atoms with E-state index in [9.17, 15) is 9.90 Å². The maximum absolute atomic E-state index is 11.1. The summed E-state index contributed by atoms with van der Waals surface area (Å²) < 4.78 is 5.32. The molecule has 0 saturated carbocycles. The molecule has 2 rings (SSSR count). The second-order valence-corrected chi connectivity index (χ2v) is 4.59. The van der Waals surface area contributed by atoms with E-state index in [1.165, 1.54) is 12.1 Å². The van der Waals surface area contributed by atoms with Crippen molar-refractivity contribution in [2.75, 3.05) is 6.61 Å². The van der Waals surface area contributed by atoms with Crippen LogP contribution in [-0.2, 0) is 20.8 Å². The van der Waals surface area contributed by atoms with E-state index in [1.54, 1.807) is 12.1 Å². The van der Waals surface area contributed by atoms with E-state index >= 15 is 0 Å². The Morgan fingerprint density at radius 3 is 2.70 bits per heavy atom. The van der Waals surface area contributed by atoms with Crippen molar-refractivity contribution >= 4 is 11.7 Å². The minimum absolute atomic E-state index is 0.0927. The molecule has 0 aromatic heterocycles. The van der Waals surface area contributed by atoms with Crippen LogP contribution in [0.2, 0.25) is 0 Å². The third-order valence-corrected chi connectivity index (χ3v) is 2.97. The quantitative estimate of drug-likeness (QED) is 0.635. The largest absolute Gasteiger partial charge is 0.508 e. The van der Waals surface area contributed by atoms with Crippen molar-refractivity contribution in [3.63, 3.8) is 0 Å². The molecule has 1 aromatic carbocycles. The number of hydrogen-bond acceptors (Lipinski definition) is 5. The van der Waals surface area contributed by atoms with Gasteiger partial charge >= 0.3 is 5.97 Å². The number of carboxylic acid groups (broad SMARTS) is 1. The Kier molecular flexibility index (Phi) is 4.95. The molecule has 1 aliphatic rings. The Bertz CT molecular complexity index is 477. The van der Waals surface area contributed by atoms with Crippen LogP contribution in [0, 0.1) is 0 Å². The van der Waals surface area contributed by atoms with Crippen LogP contribution in [0.15, 0.2) is 29.4 Å². The van der Waals surface area contributed by atoms with Gasteiger partial charge in [0.25, 0.3) is 0 Å². The van der Waals surface area contributed by atoms with Crippen LogP contribution < -0.4 is 0 Å². The molecule has 0 aliphatic carbocycles. The normalized spacial score (nSPS) is 19.6. The summed E-state index contributed by atoms with van der Waals surface area (Å²) in [6.45, 7) is 0.612. The molecule has 1 atom stereocenters. The molecule has 6 nitrogen and oxygen atoms in total. The first kappa shape index (κ1) is 14.3. The van der Waals surface area contributed by atoms with Gasteiger partial charge in [-0.3, -0.25) is 0 Å². The maximum Gasteiger partial charge on any atom is 0.354 e. The summed E-state index contributed by atoms with van der Waals surface area (Å²) >= 11 is 0. The van der Waals surface area contributed by atoms with Crippen LogP contribution in [0.1, 0.15) is 24.8 Å². The average Bonchev–Trinajstić information content (AvgIpc) is 2.46. The molecule has 20 heavy (non-hydrogen) atoms. The highest BCUT2D eigenvalue weighted by Crippen LogP contribution is 2.15. The van der Waals surface area contributed by atoms with Crippen molar-refractivity contribution in [3.05, 3.63) is 29.8 Å². The molecule has 6 heteroatoms. The van der Waals surface area contributed by atoms with Gasteiger partial charge in [-0.15, -0.1) is 0 Å². The van der Waals surface area contributed by atoms with Crippen LogP contribution in [0.25, 0.3) is 0 Å². The highest BCUT2D eigenvalue weighted by atomic mass is 16.8. The van der Waals surface area contributed by atoms with Gasteiger partial charge in [0, 0.05) is 12.8 Å². The van der Waals surface area contributed by atoms with E-state index in [-0.39, 0.29) is 17.9 Å². The zero-order valence-electron chi connectivity index (χ0n) is 11.0. The molecule has 1 fully saturated rings. The van der Waals surface area contributed by atoms with Crippen LogP contribution in [-0.4, -0.2) is 34.8 Å². The predicted octanol–water partition coefficient (Wildman–Crippen LogP) is 1.92. The van der Waals surface area contributed by atoms with Gasteiger partial charge in [-0.2, -0.15) is 0 Å².